The summed E-state index contributed by atoms with van der Waals surface area (Å²) >= 11 is 0. The first-order valence-electron chi connectivity index (χ1n) is 1.15. The Morgan fingerprint density at radius 1 is 1.17 bits per heavy atom. The maximum atomic E-state index is 9.63. The van der Waals surface area contributed by atoms with Crippen LogP contribution in [-0.4, -0.2) is 39.8 Å². The minimum Gasteiger partial charge on any atom is -0.229 e. The molecule has 0 spiro atoms. The molecule has 0 aromatic carbocycles. The first-order chi connectivity index (χ1) is 2.00. The van der Waals surface area contributed by atoms with Crippen molar-refractivity contribution in [1.29, 1.82) is 0 Å². The van der Waals surface area contributed by atoms with Crippen LogP contribution in [-0.2, 0) is 9.84 Å². The molecule has 0 fully saturated rings. The van der Waals surface area contributed by atoms with Gasteiger partial charge in [0.25, 0.3) is 0 Å². The van der Waals surface area contributed by atoms with Gasteiger partial charge in [-0.3, -0.25) is 0 Å². The van der Waals surface area contributed by atoms with E-state index in [4.69, 9.17) is 0 Å². The molecule has 0 aliphatic rings. The van der Waals surface area contributed by atoms with Crippen LogP contribution in [0.1, 0.15) is 0 Å². The van der Waals surface area contributed by atoms with Gasteiger partial charge in [-0.2, -0.15) is 0 Å². The number of sulfone groups is 1. The van der Waals surface area contributed by atoms with E-state index in [9.17, 15) is 8.42 Å². The predicted octanol–water partition coefficient (Wildman–Crippen LogP) is -0.720. The first kappa shape index (κ1) is 9.74. The van der Waals surface area contributed by atoms with Gasteiger partial charge in [0.15, 0.2) is 0 Å². The van der Waals surface area contributed by atoms with Crippen LogP contribution in [0.4, 0.5) is 0 Å². The van der Waals surface area contributed by atoms with Crippen LogP contribution in [0.3, 0.4) is 0 Å². The van der Waals surface area contributed by atoms with Gasteiger partial charge in [0.1, 0.15) is 9.84 Å². The Hall–Kier alpha value is 0.547. The fourth-order valence-electron chi connectivity index (χ4n) is 0. The molecular weight excluding hydrogens is 95.0 g/mol. The van der Waals surface area contributed by atoms with Gasteiger partial charge in [-0.15, -0.1) is 0 Å². The first-order valence-corrected chi connectivity index (χ1v) is 3.45. The van der Waals surface area contributed by atoms with E-state index in [0.717, 1.165) is 12.5 Å². The van der Waals surface area contributed by atoms with Crippen LogP contribution >= 0.6 is 0 Å². The molecule has 6 heavy (non-hydrogen) atoms. The van der Waals surface area contributed by atoms with E-state index in [2.05, 4.69) is 0 Å². The van der Waals surface area contributed by atoms with Crippen molar-refractivity contribution in [2.45, 2.75) is 0 Å². The predicted molar refractivity (Wildman–Crippen MR) is 26.5 cm³/mol. The molecule has 0 aliphatic heterocycles. The molecule has 2 nitrogen and oxygen atoms in total. The summed E-state index contributed by atoms with van der Waals surface area (Å²) in [5, 5.41) is 0. The molecule has 0 N–H and O–H groups in total. The van der Waals surface area contributed by atoms with Crippen molar-refractivity contribution in [3.05, 3.63) is 0 Å². The summed E-state index contributed by atoms with van der Waals surface area (Å²) < 4.78 is 19.3. The van der Waals surface area contributed by atoms with Gasteiger partial charge in [0.05, 0.1) is 0 Å². The second kappa shape index (κ2) is 2.68. The van der Waals surface area contributed by atoms with Crippen LogP contribution in [0.2, 0.25) is 0 Å². The molecule has 0 aromatic heterocycles. The average Bonchev–Trinajstić information content (AvgIpc) is 0.722. The summed E-state index contributed by atoms with van der Waals surface area (Å²) in [6, 6.07) is 0. The van der Waals surface area contributed by atoms with Crippen LogP contribution in [0.5, 0.6) is 0 Å². The Kier molecular flexibility index (Phi) is 4.35. The van der Waals surface area contributed by atoms with Crippen molar-refractivity contribution in [3.63, 3.8) is 0 Å². The molecule has 1 radical (unpaired) electrons. The van der Waals surface area contributed by atoms with Crippen molar-refractivity contribution in [3.8, 4) is 0 Å². The summed E-state index contributed by atoms with van der Waals surface area (Å²) in [5.74, 6) is 0. The second-order valence-corrected chi connectivity index (χ2v) is 3.43. The van der Waals surface area contributed by atoms with Crippen LogP contribution < -0.4 is 0 Å². The van der Waals surface area contributed by atoms with Crippen LogP contribution in [0.25, 0.3) is 0 Å². The molecule has 0 atom stereocenters. The smallest absolute Gasteiger partial charge is 0.144 e. The molecule has 33 valence electrons. The monoisotopic (exact) mass is 101 g/mol. The average molecular weight is 101 g/mol. The van der Waals surface area contributed by atoms with Crippen LogP contribution in [0, 0.1) is 0 Å². The molecule has 0 heterocycles. The Balaban J connectivity index is 0. The largest absolute Gasteiger partial charge is 0.229 e. The Labute approximate surface area is 50.0 Å². The third-order valence-electron chi connectivity index (χ3n) is 0. The topological polar surface area (TPSA) is 34.1 Å². The van der Waals surface area contributed by atoms with E-state index >= 15 is 0 Å². The van der Waals surface area contributed by atoms with Gasteiger partial charge in [0.2, 0.25) is 0 Å². The summed E-state index contributed by atoms with van der Waals surface area (Å²) in [6.07, 6.45) is 2.32. The minimum absolute atomic E-state index is 0. The van der Waals surface area contributed by atoms with Crippen molar-refractivity contribution < 1.29 is 8.42 Å². The van der Waals surface area contributed by atoms with E-state index in [1.54, 1.807) is 0 Å². The van der Waals surface area contributed by atoms with Gasteiger partial charge < -0.3 is 0 Å². The standard InChI is InChI=1S/C2H6O2S.Li/c1-5(2,3)4;/h1-2H3;. The summed E-state index contributed by atoms with van der Waals surface area (Å²) in [7, 11) is -2.67. The van der Waals surface area contributed by atoms with Gasteiger partial charge in [-0.05, 0) is 0 Å². The number of hydrogen-bond acceptors (Lipinski definition) is 2. The van der Waals surface area contributed by atoms with Gasteiger partial charge in [0, 0.05) is 31.4 Å². The normalized spacial score (nSPS) is 9.67. The molecule has 4 heteroatoms. The fraction of sp³-hybridized carbons (Fsp3) is 1.00. The molecule has 0 saturated carbocycles. The van der Waals surface area contributed by atoms with Crippen molar-refractivity contribution in [2.75, 3.05) is 12.5 Å². The minimum atomic E-state index is -2.67. The van der Waals surface area contributed by atoms with Crippen LogP contribution in [0.15, 0.2) is 0 Å². The van der Waals surface area contributed by atoms with Crippen molar-refractivity contribution in [2.24, 2.45) is 0 Å². The SMILES string of the molecule is CS(C)(=O)=O.[Li]. The molecule has 0 bridgehead atoms. The fourth-order valence-corrected chi connectivity index (χ4v) is 0. The summed E-state index contributed by atoms with van der Waals surface area (Å²) in [6.45, 7) is 0. The maximum Gasteiger partial charge on any atom is 0.144 e. The third kappa shape index (κ3) is 191. The Morgan fingerprint density at radius 2 is 1.17 bits per heavy atom. The Morgan fingerprint density at radius 3 is 1.17 bits per heavy atom. The van der Waals surface area contributed by atoms with E-state index in [1.807, 2.05) is 0 Å². The third-order valence-corrected chi connectivity index (χ3v) is 0. The quantitative estimate of drug-likeness (QED) is 0.377. The number of rotatable bonds is 0. The number of hydrogen-bond donors (Lipinski definition) is 0. The molecule has 0 rings (SSSR count). The summed E-state index contributed by atoms with van der Waals surface area (Å²) in [4.78, 5) is 0. The van der Waals surface area contributed by atoms with E-state index in [0.29, 0.717) is 0 Å². The summed E-state index contributed by atoms with van der Waals surface area (Å²) in [5.41, 5.74) is 0. The van der Waals surface area contributed by atoms with Gasteiger partial charge in [-0.1, -0.05) is 0 Å². The maximum absolute atomic E-state index is 9.63. The molecular formula is C2H6LiO2S. The van der Waals surface area contributed by atoms with Gasteiger partial charge in [-0.25, -0.2) is 8.42 Å². The second-order valence-electron chi connectivity index (χ2n) is 1.14. The van der Waals surface area contributed by atoms with Crippen molar-refractivity contribution >= 4 is 28.7 Å². The van der Waals surface area contributed by atoms with E-state index in [-0.39, 0.29) is 18.9 Å². The van der Waals surface area contributed by atoms with Crippen molar-refractivity contribution in [1.82, 2.24) is 0 Å². The van der Waals surface area contributed by atoms with E-state index in [1.165, 1.54) is 0 Å². The van der Waals surface area contributed by atoms with E-state index < -0.39 is 9.84 Å². The molecule has 0 amide bonds. The zero-order valence-electron chi connectivity index (χ0n) is 4.22. The zero-order valence-corrected chi connectivity index (χ0v) is 5.04. The zero-order chi connectivity index (χ0) is 4.50. The Bertz CT molecular complexity index is 94.7. The molecule has 0 aromatic rings. The molecule has 0 aliphatic carbocycles. The molecule has 0 unspecified atom stereocenters. The molecule has 0 saturated heterocycles. The van der Waals surface area contributed by atoms with Gasteiger partial charge >= 0.3 is 0 Å².